The second-order valence-electron chi connectivity index (χ2n) is 5.57. The maximum Gasteiger partial charge on any atom is 0.269 e. The molecular weight excluding hydrogens is 354 g/mol. The number of nitrogens with one attached hydrogen (secondary N) is 1. The summed E-state index contributed by atoms with van der Waals surface area (Å²) in [4.78, 5) is 16.9. The number of hydrogen-bond acceptors (Lipinski definition) is 6. The number of aryl methyl sites for hydroxylation is 1. The monoisotopic (exact) mass is 373 g/mol. The second kappa shape index (κ2) is 8.23. The van der Waals surface area contributed by atoms with Gasteiger partial charge in [-0.1, -0.05) is 41.6 Å². The van der Waals surface area contributed by atoms with Gasteiger partial charge in [-0.3, -0.25) is 10.1 Å². The third kappa shape index (κ3) is 4.44. The molecule has 0 aliphatic rings. The maximum absolute atomic E-state index is 12.4. The largest absolute Gasteiger partial charge is 0.272 e. The highest BCUT2D eigenvalue weighted by atomic mass is 32.2. The van der Waals surface area contributed by atoms with Crippen LogP contribution in [-0.4, -0.2) is 27.0 Å². The van der Waals surface area contributed by atoms with Gasteiger partial charge in [0.05, 0.1) is 5.69 Å². The molecule has 6 nitrogen and oxygen atoms in total. The highest BCUT2D eigenvalue weighted by Gasteiger charge is 2.27. The standard InChI is InChI=1S/C17H19N5OS2/c1-12-4-6-13(7-5-12)14-8-9-15(23)22(21-14)17(2,10-24)20-16(25-3)19-11-18/h4-9,24H,10H2,1-3H3,(H,19,20). The Bertz CT molecular complexity index is 870. The summed E-state index contributed by atoms with van der Waals surface area (Å²) in [6.45, 7) is 3.76. The SMILES string of the molecule is CSC(=NC(C)(CS)n1nc(-c2ccc(C)cc2)ccc1=O)NC#N. The predicted octanol–water partition coefficient (Wildman–Crippen LogP) is 2.61. The minimum atomic E-state index is -1.02. The number of benzene rings is 1. The Morgan fingerprint density at radius 1 is 1.40 bits per heavy atom. The van der Waals surface area contributed by atoms with Crippen LogP contribution in [0.25, 0.3) is 11.3 Å². The van der Waals surface area contributed by atoms with Crippen molar-refractivity contribution >= 4 is 29.6 Å². The van der Waals surface area contributed by atoms with Crippen LogP contribution < -0.4 is 10.9 Å². The van der Waals surface area contributed by atoms with Gasteiger partial charge in [0, 0.05) is 17.4 Å². The summed E-state index contributed by atoms with van der Waals surface area (Å²) >= 11 is 5.63. The van der Waals surface area contributed by atoms with Crippen LogP contribution >= 0.6 is 24.4 Å². The molecule has 25 heavy (non-hydrogen) atoms. The minimum absolute atomic E-state index is 0.244. The third-order valence-corrected chi connectivity index (χ3v) is 4.78. The van der Waals surface area contributed by atoms with Gasteiger partial charge in [-0.25, -0.2) is 9.67 Å². The highest BCUT2D eigenvalue weighted by Crippen LogP contribution is 2.21. The van der Waals surface area contributed by atoms with Gasteiger partial charge in [-0.05, 0) is 26.2 Å². The average molecular weight is 374 g/mol. The fourth-order valence-electron chi connectivity index (χ4n) is 2.18. The van der Waals surface area contributed by atoms with Crippen LogP contribution in [0.1, 0.15) is 12.5 Å². The lowest BCUT2D eigenvalue weighted by molar-refractivity contribution is 0.330. The van der Waals surface area contributed by atoms with Gasteiger partial charge in [-0.2, -0.15) is 23.0 Å². The average Bonchev–Trinajstić information content (AvgIpc) is 2.62. The molecule has 2 rings (SSSR count). The van der Waals surface area contributed by atoms with Crippen LogP contribution in [-0.2, 0) is 5.66 Å². The first-order chi connectivity index (χ1) is 11.9. The van der Waals surface area contributed by atoms with E-state index in [1.165, 1.54) is 22.5 Å². The molecule has 1 N–H and O–H groups in total. The Labute approximate surface area is 156 Å². The zero-order chi connectivity index (χ0) is 18.4. The van der Waals surface area contributed by atoms with E-state index in [1.54, 1.807) is 19.2 Å². The van der Waals surface area contributed by atoms with E-state index in [0.717, 1.165) is 11.1 Å². The lowest BCUT2D eigenvalue weighted by atomic mass is 10.1. The van der Waals surface area contributed by atoms with Gasteiger partial charge in [-0.15, -0.1) is 0 Å². The van der Waals surface area contributed by atoms with Crippen molar-refractivity contribution in [2.45, 2.75) is 19.5 Å². The normalized spacial score (nSPS) is 13.8. The Kier molecular flexibility index (Phi) is 6.28. The van der Waals surface area contributed by atoms with E-state index in [1.807, 2.05) is 37.4 Å². The summed E-state index contributed by atoms with van der Waals surface area (Å²) in [6.07, 6.45) is 3.63. The van der Waals surface area contributed by atoms with Gasteiger partial charge in [0.25, 0.3) is 5.56 Å². The van der Waals surface area contributed by atoms with Gasteiger partial charge in [0.1, 0.15) is 0 Å². The summed E-state index contributed by atoms with van der Waals surface area (Å²) in [5.41, 5.74) is 1.41. The van der Waals surface area contributed by atoms with Crippen molar-refractivity contribution in [3.8, 4) is 17.5 Å². The Morgan fingerprint density at radius 2 is 2.08 bits per heavy atom. The molecule has 1 aromatic heterocycles. The number of aliphatic imine (C=N–C) groups is 1. The number of amidine groups is 1. The molecule has 0 saturated heterocycles. The first-order valence-corrected chi connectivity index (χ1v) is 9.37. The molecule has 2 aromatic rings. The quantitative estimate of drug-likeness (QED) is 0.283. The van der Waals surface area contributed by atoms with Crippen LogP contribution in [0.4, 0.5) is 0 Å². The van der Waals surface area contributed by atoms with Gasteiger partial charge < -0.3 is 0 Å². The molecule has 0 radical (unpaired) electrons. The minimum Gasteiger partial charge on any atom is -0.272 e. The fourth-order valence-corrected chi connectivity index (χ4v) is 2.82. The molecule has 1 heterocycles. The summed E-state index contributed by atoms with van der Waals surface area (Å²) in [5.74, 6) is 0.244. The number of thioether (sulfide) groups is 1. The van der Waals surface area contributed by atoms with Crippen LogP contribution in [0.15, 0.2) is 46.2 Å². The van der Waals surface area contributed by atoms with E-state index in [0.29, 0.717) is 10.9 Å². The topological polar surface area (TPSA) is 83.1 Å². The Balaban J connectivity index is 2.56. The van der Waals surface area contributed by atoms with Crippen molar-refractivity contribution in [3.63, 3.8) is 0 Å². The molecule has 0 spiro atoms. The number of rotatable bonds is 4. The molecule has 130 valence electrons. The number of nitrogens with zero attached hydrogens (tertiary/aromatic N) is 4. The lowest BCUT2D eigenvalue weighted by Gasteiger charge is -2.25. The second-order valence-corrected chi connectivity index (χ2v) is 6.68. The van der Waals surface area contributed by atoms with Crippen molar-refractivity contribution < 1.29 is 0 Å². The first-order valence-electron chi connectivity index (χ1n) is 7.51. The van der Waals surface area contributed by atoms with E-state index in [-0.39, 0.29) is 11.3 Å². The Morgan fingerprint density at radius 3 is 2.64 bits per heavy atom. The van der Waals surface area contributed by atoms with Crippen molar-refractivity contribution in [2.75, 3.05) is 12.0 Å². The number of aromatic nitrogens is 2. The predicted molar refractivity (Wildman–Crippen MR) is 106 cm³/mol. The zero-order valence-electron chi connectivity index (χ0n) is 14.2. The summed E-state index contributed by atoms with van der Waals surface area (Å²) in [6, 6.07) is 11.1. The summed E-state index contributed by atoms with van der Waals surface area (Å²) in [5, 5.41) is 16.2. The fraction of sp³-hybridized carbons (Fsp3) is 0.294. The smallest absolute Gasteiger partial charge is 0.269 e. The van der Waals surface area contributed by atoms with Crippen LogP contribution in [0, 0.1) is 18.4 Å². The van der Waals surface area contributed by atoms with Gasteiger partial charge in [0.2, 0.25) is 0 Å². The molecule has 1 atom stereocenters. The molecule has 0 aliphatic heterocycles. The van der Waals surface area contributed by atoms with Gasteiger partial charge >= 0.3 is 0 Å². The van der Waals surface area contributed by atoms with E-state index in [2.05, 4.69) is 28.0 Å². The molecular formula is C17H19N5OS2. The zero-order valence-corrected chi connectivity index (χ0v) is 15.9. The molecule has 0 aliphatic carbocycles. The van der Waals surface area contributed by atoms with Gasteiger partial charge in [0.15, 0.2) is 17.0 Å². The summed E-state index contributed by atoms with van der Waals surface area (Å²) < 4.78 is 1.31. The van der Waals surface area contributed by atoms with Crippen molar-refractivity contribution in [3.05, 3.63) is 52.3 Å². The first kappa shape index (κ1) is 19.1. The molecule has 1 aromatic carbocycles. The highest BCUT2D eigenvalue weighted by molar-refractivity contribution is 8.13. The molecule has 8 heteroatoms. The van der Waals surface area contributed by atoms with Crippen LogP contribution in [0.3, 0.4) is 0 Å². The maximum atomic E-state index is 12.4. The van der Waals surface area contributed by atoms with E-state index < -0.39 is 5.66 Å². The van der Waals surface area contributed by atoms with E-state index >= 15 is 0 Å². The van der Waals surface area contributed by atoms with E-state index in [4.69, 9.17) is 5.26 Å². The van der Waals surface area contributed by atoms with Crippen molar-refractivity contribution in [2.24, 2.45) is 4.99 Å². The van der Waals surface area contributed by atoms with Crippen LogP contribution in [0.5, 0.6) is 0 Å². The number of nitriles is 1. The lowest BCUT2D eigenvalue weighted by Crippen LogP contribution is -2.42. The third-order valence-electron chi connectivity index (χ3n) is 3.60. The molecule has 0 amide bonds. The van der Waals surface area contributed by atoms with E-state index in [9.17, 15) is 4.79 Å². The number of thiol groups is 1. The number of hydrogen-bond donors (Lipinski definition) is 2. The summed E-state index contributed by atoms with van der Waals surface area (Å²) in [7, 11) is 0. The molecule has 0 saturated carbocycles. The molecule has 1 unspecified atom stereocenters. The molecule has 0 fully saturated rings. The Hall–Kier alpha value is -2.24. The molecule has 0 bridgehead atoms. The van der Waals surface area contributed by atoms with Crippen molar-refractivity contribution in [1.82, 2.24) is 15.1 Å². The van der Waals surface area contributed by atoms with Crippen molar-refractivity contribution in [1.29, 1.82) is 5.26 Å². The van der Waals surface area contributed by atoms with Crippen LogP contribution in [0.2, 0.25) is 0 Å².